The summed E-state index contributed by atoms with van der Waals surface area (Å²) in [5.41, 5.74) is 0. The van der Waals surface area contributed by atoms with Gasteiger partial charge in [-0.15, -0.1) is 0 Å². The second kappa shape index (κ2) is 24.3. The minimum absolute atomic E-state index is 0. The predicted molar refractivity (Wildman–Crippen MR) is 88.4 cm³/mol. The Bertz CT molecular complexity index is 325. The quantitative estimate of drug-likeness (QED) is 0.245. The summed E-state index contributed by atoms with van der Waals surface area (Å²) in [6, 6.07) is 0. The van der Waals surface area contributed by atoms with Gasteiger partial charge in [-0.2, -0.15) is 0 Å². The van der Waals surface area contributed by atoms with Crippen molar-refractivity contribution < 1.29 is 71.2 Å². The van der Waals surface area contributed by atoms with Crippen molar-refractivity contribution in [2.24, 2.45) is 0 Å². The van der Waals surface area contributed by atoms with E-state index in [2.05, 4.69) is 6.92 Å². The first kappa shape index (κ1) is 27.9. The van der Waals surface area contributed by atoms with E-state index in [1.165, 1.54) is 51.0 Å². The number of unbranched alkanes of at least 4 members (excludes halogenated alkanes) is 8. The fourth-order valence-electron chi connectivity index (χ4n) is 1.83. The molecule has 0 aromatic carbocycles. The number of rotatable bonds is 12. The van der Waals surface area contributed by atoms with E-state index in [0.29, 0.717) is 6.42 Å². The minimum Gasteiger partial charge on any atom is -0.545 e. The molecular weight excluding hydrogens is 319 g/mol. The third-order valence-electron chi connectivity index (χ3n) is 3.03. The standard InChI is InChI=1S/C12H24O2.C6H8O2.K/c1-2-3-4-5-6-7-8-9-10-11-12(13)14;1-2-3-4-5-6(7)8;/h2-11H2,1H3,(H,13,14);2-5H,1H3,(H,7,8);/q;;+1/p-1/b;3-2+,5-4+;. The Balaban J connectivity index is -0.000000382. The van der Waals surface area contributed by atoms with Crippen LogP contribution in [0.15, 0.2) is 24.3 Å². The molecule has 0 unspecified atom stereocenters. The minimum atomic E-state index is -1.16. The Kier molecular flexibility index (Phi) is 29.5. The van der Waals surface area contributed by atoms with Gasteiger partial charge >= 0.3 is 57.4 Å². The van der Waals surface area contributed by atoms with E-state index >= 15 is 0 Å². The first-order chi connectivity index (χ1) is 10.5. The van der Waals surface area contributed by atoms with Crippen LogP contribution in [-0.2, 0) is 9.59 Å². The van der Waals surface area contributed by atoms with Crippen molar-refractivity contribution in [3.05, 3.63) is 24.3 Å². The maximum absolute atomic E-state index is 10.2. The van der Waals surface area contributed by atoms with Gasteiger partial charge in [0, 0.05) is 6.42 Å². The molecule has 0 aliphatic heterocycles. The van der Waals surface area contributed by atoms with Crippen LogP contribution in [0, 0.1) is 0 Å². The summed E-state index contributed by atoms with van der Waals surface area (Å²) < 4.78 is 0. The molecule has 0 atom stereocenters. The van der Waals surface area contributed by atoms with Gasteiger partial charge in [0.25, 0.3) is 0 Å². The van der Waals surface area contributed by atoms with Crippen molar-refractivity contribution >= 4 is 11.9 Å². The number of allylic oxidation sites excluding steroid dienone is 3. The fraction of sp³-hybridized carbons (Fsp3) is 0.667. The second-order valence-electron chi connectivity index (χ2n) is 5.18. The van der Waals surface area contributed by atoms with Crippen LogP contribution in [-0.4, -0.2) is 17.0 Å². The van der Waals surface area contributed by atoms with E-state index in [-0.39, 0.29) is 51.4 Å². The van der Waals surface area contributed by atoms with Crippen molar-refractivity contribution in [2.45, 2.75) is 78.1 Å². The van der Waals surface area contributed by atoms with Crippen molar-refractivity contribution in [3.8, 4) is 0 Å². The topological polar surface area (TPSA) is 77.4 Å². The van der Waals surface area contributed by atoms with E-state index in [9.17, 15) is 14.7 Å². The predicted octanol–water partition coefficient (Wildman–Crippen LogP) is 0.865. The molecule has 0 bridgehead atoms. The van der Waals surface area contributed by atoms with Crippen LogP contribution in [0.5, 0.6) is 0 Å². The Morgan fingerprint density at radius 2 is 1.39 bits per heavy atom. The number of hydrogen-bond donors (Lipinski definition) is 1. The third-order valence-corrected chi connectivity index (χ3v) is 3.03. The molecular formula is C18H31KO4. The summed E-state index contributed by atoms with van der Waals surface area (Å²) in [4.78, 5) is 19.8. The average Bonchev–Trinajstić information content (AvgIpc) is 2.46. The molecule has 0 radical (unpaired) electrons. The van der Waals surface area contributed by atoms with Crippen LogP contribution >= 0.6 is 0 Å². The molecule has 128 valence electrons. The van der Waals surface area contributed by atoms with Crippen LogP contribution in [0.3, 0.4) is 0 Å². The molecule has 0 aliphatic carbocycles. The van der Waals surface area contributed by atoms with Gasteiger partial charge in [-0.25, -0.2) is 0 Å². The number of carbonyl (C=O) groups excluding carboxylic acids is 1. The molecule has 4 nitrogen and oxygen atoms in total. The van der Waals surface area contributed by atoms with E-state index < -0.39 is 11.9 Å². The van der Waals surface area contributed by atoms with Crippen LogP contribution in [0.2, 0.25) is 0 Å². The molecule has 0 aromatic rings. The molecule has 0 heterocycles. The van der Waals surface area contributed by atoms with Gasteiger partial charge in [0.1, 0.15) is 0 Å². The molecule has 0 saturated carbocycles. The Morgan fingerprint density at radius 3 is 1.78 bits per heavy atom. The maximum Gasteiger partial charge on any atom is 1.00 e. The zero-order chi connectivity index (χ0) is 17.1. The number of hydrogen-bond acceptors (Lipinski definition) is 3. The maximum atomic E-state index is 10.2. The number of aliphatic carboxylic acids is 2. The monoisotopic (exact) mass is 350 g/mol. The second-order valence-corrected chi connectivity index (χ2v) is 5.18. The van der Waals surface area contributed by atoms with Gasteiger partial charge in [0.05, 0.1) is 5.97 Å². The van der Waals surface area contributed by atoms with Crippen molar-refractivity contribution in [1.29, 1.82) is 0 Å². The Morgan fingerprint density at radius 1 is 0.913 bits per heavy atom. The first-order valence-corrected chi connectivity index (χ1v) is 8.26. The van der Waals surface area contributed by atoms with Gasteiger partial charge in [-0.1, -0.05) is 76.5 Å². The summed E-state index contributed by atoms with van der Waals surface area (Å²) in [6.45, 7) is 4.03. The third kappa shape index (κ3) is 34.4. The van der Waals surface area contributed by atoms with Crippen molar-refractivity contribution in [1.82, 2.24) is 0 Å². The molecule has 0 saturated heterocycles. The molecule has 23 heavy (non-hydrogen) atoms. The largest absolute Gasteiger partial charge is 1.00 e. The van der Waals surface area contributed by atoms with Crippen LogP contribution in [0.4, 0.5) is 0 Å². The fourth-order valence-corrected chi connectivity index (χ4v) is 1.83. The molecule has 0 fully saturated rings. The average molecular weight is 351 g/mol. The smallest absolute Gasteiger partial charge is 0.545 e. The molecule has 0 aliphatic rings. The summed E-state index contributed by atoms with van der Waals surface area (Å²) in [7, 11) is 0. The van der Waals surface area contributed by atoms with Crippen LogP contribution in [0.25, 0.3) is 0 Å². The van der Waals surface area contributed by atoms with Gasteiger partial charge in [-0.05, 0) is 19.4 Å². The number of carboxylic acids is 2. The van der Waals surface area contributed by atoms with Gasteiger partial charge in [-0.3, -0.25) is 4.79 Å². The van der Waals surface area contributed by atoms with E-state index in [1.807, 2.05) is 0 Å². The Labute approximate surface area is 183 Å². The zero-order valence-electron chi connectivity index (χ0n) is 15.1. The number of carbonyl (C=O) groups is 2. The summed E-state index contributed by atoms with van der Waals surface area (Å²) in [5.74, 6) is -1.82. The molecule has 0 spiro atoms. The molecule has 1 N–H and O–H groups in total. The van der Waals surface area contributed by atoms with E-state index in [0.717, 1.165) is 18.9 Å². The number of carboxylic acid groups (broad SMARTS) is 2. The van der Waals surface area contributed by atoms with E-state index in [4.69, 9.17) is 5.11 Å². The van der Waals surface area contributed by atoms with Gasteiger partial charge in [0.15, 0.2) is 0 Å². The van der Waals surface area contributed by atoms with Crippen molar-refractivity contribution in [3.63, 3.8) is 0 Å². The molecule has 0 amide bonds. The summed E-state index contributed by atoms with van der Waals surface area (Å²) in [5, 5.41) is 18.1. The normalized spacial score (nSPS) is 10.2. The first-order valence-electron chi connectivity index (χ1n) is 8.26. The van der Waals surface area contributed by atoms with Gasteiger partial charge in [0.2, 0.25) is 0 Å². The van der Waals surface area contributed by atoms with Crippen LogP contribution < -0.4 is 56.5 Å². The van der Waals surface area contributed by atoms with E-state index in [1.54, 1.807) is 19.1 Å². The molecule has 0 rings (SSSR count). The van der Waals surface area contributed by atoms with Crippen molar-refractivity contribution in [2.75, 3.05) is 0 Å². The Hall–Kier alpha value is 0.0564. The molecule has 0 aromatic heterocycles. The summed E-state index contributed by atoms with van der Waals surface area (Å²) in [6.07, 6.45) is 17.2. The summed E-state index contributed by atoms with van der Waals surface area (Å²) >= 11 is 0. The van der Waals surface area contributed by atoms with Crippen LogP contribution in [0.1, 0.15) is 78.1 Å². The molecule has 5 heteroatoms. The SMILES string of the molecule is C/C=C/C=C/C(=O)[O-].CCCCCCCCCCCC(=O)O.[K+]. The zero-order valence-corrected chi connectivity index (χ0v) is 18.2. The van der Waals surface area contributed by atoms with Gasteiger partial charge < -0.3 is 15.0 Å².